The van der Waals surface area contributed by atoms with Gasteiger partial charge >= 0.3 is 6.09 Å². The topological polar surface area (TPSA) is 85.2 Å². The molecule has 2 amide bonds. The Balaban J connectivity index is 1.57. The van der Waals surface area contributed by atoms with Crippen molar-refractivity contribution in [2.24, 2.45) is 0 Å². The van der Waals surface area contributed by atoms with Crippen LogP contribution in [0, 0.1) is 0 Å². The van der Waals surface area contributed by atoms with Crippen LogP contribution in [0.5, 0.6) is 0 Å². The fraction of sp³-hybridized carbons (Fsp3) is 0.0500. The molecule has 136 valence electrons. The number of benzene rings is 2. The van der Waals surface area contributed by atoms with Gasteiger partial charge in [-0.1, -0.05) is 18.2 Å². The lowest BCUT2D eigenvalue weighted by Gasteiger charge is -2.05. The maximum Gasteiger partial charge on any atom is 0.411 e. The van der Waals surface area contributed by atoms with Crippen molar-refractivity contribution in [3.63, 3.8) is 0 Å². The Kier molecular flexibility index (Phi) is 5.64. The average molecular weight is 362 g/mol. The quantitative estimate of drug-likeness (QED) is 0.678. The van der Waals surface area contributed by atoms with E-state index in [0.717, 1.165) is 11.3 Å². The molecule has 0 aliphatic heterocycles. The summed E-state index contributed by atoms with van der Waals surface area (Å²) >= 11 is 0. The highest BCUT2D eigenvalue weighted by atomic mass is 16.5. The van der Waals surface area contributed by atoms with Crippen LogP contribution < -0.4 is 10.6 Å². The molecule has 0 bridgehead atoms. The molecule has 7 nitrogen and oxygen atoms in total. The second kappa shape index (κ2) is 8.48. The minimum Gasteiger partial charge on any atom is -0.453 e. The molecule has 3 rings (SSSR count). The summed E-state index contributed by atoms with van der Waals surface area (Å²) in [5.41, 5.74) is 2.94. The van der Waals surface area contributed by atoms with Gasteiger partial charge in [0.25, 0.3) is 0 Å². The Labute approximate surface area is 156 Å². The number of amides is 2. The van der Waals surface area contributed by atoms with E-state index in [1.165, 1.54) is 13.2 Å². The van der Waals surface area contributed by atoms with Crippen molar-refractivity contribution in [2.75, 3.05) is 17.7 Å². The van der Waals surface area contributed by atoms with Gasteiger partial charge in [0, 0.05) is 29.2 Å². The van der Waals surface area contributed by atoms with Crippen molar-refractivity contribution in [1.82, 2.24) is 9.78 Å². The van der Waals surface area contributed by atoms with E-state index in [1.807, 2.05) is 36.5 Å². The highest BCUT2D eigenvalue weighted by molar-refractivity contribution is 6.02. The molecule has 0 spiro atoms. The Morgan fingerprint density at radius 1 is 1.00 bits per heavy atom. The number of nitrogens with zero attached hydrogens (tertiary/aromatic N) is 2. The molecule has 7 heteroatoms. The number of carbonyl (C=O) groups excluding carboxylic acids is 2. The van der Waals surface area contributed by atoms with Gasteiger partial charge in [-0.3, -0.25) is 10.1 Å². The van der Waals surface area contributed by atoms with Crippen LogP contribution in [-0.2, 0) is 9.53 Å². The maximum atomic E-state index is 12.1. The van der Waals surface area contributed by atoms with Crippen LogP contribution >= 0.6 is 0 Å². The number of methoxy groups -OCH3 is 1. The van der Waals surface area contributed by atoms with E-state index in [-0.39, 0.29) is 5.91 Å². The molecular formula is C20H18N4O3. The summed E-state index contributed by atoms with van der Waals surface area (Å²) in [6, 6.07) is 16.4. The molecule has 0 unspecified atom stereocenters. The zero-order valence-corrected chi connectivity index (χ0v) is 14.6. The largest absolute Gasteiger partial charge is 0.453 e. The molecule has 3 aromatic rings. The third-order valence-corrected chi connectivity index (χ3v) is 3.63. The summed E-state index contributed by atoms with van der Waals surface area (Å²) in [6.45, 7) is 0. The normalized spacial score (nSPS) is 10.6. The summed E-state index contributed by atoms with van der Waals surface area (Å²) in [7, 11) is 1.29. The molecule has 0 atom stereocenters. The van der Waals surface area contributed by atoms with Crippen molar-refractivity contribution in [1.29, 1.82) is 0 Å². The molecule has 2 aromatic carbocycles. The first kappa shape index (κ1) is 17.9. The first-order valence-electron chi connectivity index (χ1n) is 8.18. The fourth-order valence-corrected chi connectivity index (χ4v) is 2.31. The molecule has 0 fully saturated rings. The van der Waals surface area contributed by atoms with Gasteiger partial charge < -0.3 is 10.1 Å². The predicted octanol–water partition coefficient (Wildman–Crippen LogP) is 3.70. The van der Waals surface area contributed by atoms with Crippen LogP contribution in [0.2, 0.25) is 0 Å². The number of hydrogen-bond acceptors (Lipinski definition) is 4. The summed E-state index contributed by atoms with van der Waals surface area (Å²) in [6.07, 6.45) is 6.10. The van der Waals surface area contributed by atoms with Crippen molar-refractivity contribution in [3.8, 4) is 5.69 Å². The van der Waals surface area contributed by atoms with Crippen molar-refractivity contribution >= 4 is 29.5 Å². The fourth-order valence-electron chi connectivity index (χ4n) is 2.31. The Morgan fingerprint density at radius 3 is 2.33 bits per heavy atom. The van der Waals surface area contributed by atoms with E-state index >= 15 is 0 Å². The molecule has 0 aliphatic carbocycles. The van der Waals surface area contributed by atoms with E-state index in [1.54, 1.807) is 41.2 Å². The monoisotopic (exact) mass is 362 g/mol. The molecule has 0 aliphatic rings. The van der Waals surface area contributed by atoms with E-state index in [4.69, 9.17) is 0 Å². The zero-order valence-electron chi connectivity index (χ0n) is 14.6. The van der Waals surface area contributed by atoms with Crippen LogP contribution in [0.4, 0.5) is 16.2 Å². The Bertz CT molecular complexity index is 947. The summed E-state index contributed by atoms with van der Waals surface area (Å²) in [4.78, 5) is 23.2. The molecular weight excluding hydrogens is 344 g/mol. The minimum atomic E-state index is -0.550. The Morgan fingerprint density at radius 2 is 1.67 bits per heavy atom. The first-order chi connectivity index (χ1) is 13.1. The van der Waals surface area contributed by atoms with Crippen LogP contribution in [-0.4, -0.2) is 28.9 Å². The van der Waals surface area contributed by atoms with Crippen molar-refractivity contribution in [2.45, 2.75) is 0 Å². The molecule has 0 saturated carbocycles. The molecule has 27 heavy (non-hydrogen) atoms. The zero-order chi connectivity index (χ0) is 19.1. The third kappa shape index (κ3) is 5.05. The van der Waals surface area contributed by atoms with E-state index in [2.05, 4.69) is 20.5 Å². The molecule has 0 radical (unpaired) electrons. The lowest BCUT2D eigenvalue weighted by Crippen LogP contribution is -2.11. The molecule has 2 N–H and O–H groups in total. The summed E-state index contributed by atoms with van der Waals surface area (Å²) in [5.74, 6) is -0.267. The summed E-state index contributed by atoms with van der Waals surface area (Å²) in [5, 5.41) is 9.56. The molecule has 0 saturated heterocycles. The number of carbonyl (C=O) groups is 2. The second-order valence-corrected chi connectivity index (χ2v) is 5.57. The second-order valence-electron chi connectivity index (χ2n) is 5.57. The highest BCUT2D eigenvalue weighted by Gasteiger charge is 2.03. The van der Waals surface area contributed by atoms with Crippen molar-refractivity contribution in [3.05, 3.63) is 78.6 Å². The van der Waals surface area contributed by atoms with Gasteiger partial charge in [0.1, 0.15) is 0 Å². The predicted molar refractivity (Wildman–Crippen MR) is 104 cm³/mol. The number of rotatable bonds is 5. The van der Waals surface area contributed by atoms with Gasteiger partial charge in [-0.15, -0.1) is 0 Å². The molecule has 1 aromatic heterocycles. The van der Waals surface area contributed by atoms with E-state index in [0.29, 0.717) is 11.4 Å². The van der Waals surface area contributed by atoms with Crippen LogP contribution in [0.15, 0.2) is 73.1 Å². The van der Waals surface area contributed by atoms with Crippen LogP contribution in [0.1, 0.15) is 5.56 Å². The third-order valence-electron chi connectivity index (χ3n) is 3.63. The number of anilines is 2. The van der Waals surface area contributed by atoms with Crippen LogP contribution in [0.3, 0.4) is 0 Å². The molecule has 1 heterocycles. The number of hydrogen-bond donors (Lipinski definition) is 2. The Hall–Kier alpha value is -3.87. The number of aromatic nitrogens is 2. The lowest BCUT2D eigenvalue weighted by molar-refractivity contribution is -0.111. The van der Waals surface area contributed by atoms with Crippen molar-refractivity contribution < 1.29 is 14.3 Å². The lowest BCUT2D eigenvalue weighted by atomic mass is 10.2. The number of para-hydroxylation sites is 1. The number of nitrogens with one attached hydrogen (secondary N) is 2. The highest BCUT2D eigenvalue weighted by Crippen LogP contribution is 2.14. The average Bonchev–Trinajstić information content (AvgIpc) is 3.17. The van der Waals surface area contributed by atoms with E-state index < -0.39 is 6.09 Å². The van der Waals surface area contributed by atoms with Gasteiger partial charge in [0.2, 0.25) is 5.91 Å². The van der Waals surface area contributed by atoms with Gasteiger partial charge in [0.05, 0.1) is 19.0 Å². The standard InChI is InChI=1S/C20H18N4O3/c1-27-20(26)23-17-10-8-16(9-11-17)22-19(25)12-7-15-13-21-24(14-15)18-5-3-2-4-6-18/h2-14H,1H3,(H,22,25)(H,23,26)/b12-7+. The van der Waals surface area contributed by atoms with Gasteiger partial charge in [-0.25, -0.2) is 9.48 Å². The maximum absolute atomic E-state index is 12.1. The minimum absolute atomic E-state index is 0.267. The SMILES string of the molecule is COC(=O)Nc1ccc(NC(=O)/C=C/c2cnn(-c3ccccc3)c2)cc1. The smallest absolute Gasteiger partial charge is 0.411 e. The first-order valence-corrected chi connectivity index (χ1v) is 8.18. The number of ether oxygens (including phenoxy) is 1. The van der Waals surface area contributed by atoms with Gasteiger partial charge in [-0.2, -0.15) is 5.10 Å². The summed E-state index contributed by atoms with van der Waals surface area (Å²) < 4.78 is 6.26. The van der Waals surface area contributed by atoms with Crippen LogP contribution in [0.25, 0.3) is 11.8 Å². The van der Waals surface area contributed by atoms with Gasteiger partial charge in [-0.05, 0) is 42.5 Å². The van der Waals surface area contributed by atoms with Gasteiger partial charge in [0.15, 0.2) is 0 Å². The van der Waals surface area contributed by atoms with E-state index in [9.17, 15) is 9.59 Å².